The van der Waals surface area contributed by atoms with E-state index in [4.69, 9.17) is 5.73 Å². The fourth-order valence-electron chi connectivity index (χ4n) is 2.34. The summed E-state index contributed by atoms with van der Waals surface area (Å²) in [5.74, 6) is -2.79. The maximum Gasteiger partial charge on any atom is 0.247 e. The molecule has 0 heterocycles. The summed E-state index contributed by atoms with van der Waals surface area (Å²) in [6.07, 6.45) is -0.0561. The van der Waals surface area contributed by atoms with E-state index in [-0.39, 0.29) is 24.4 Å². The second-order valence-electron chi connectivity index (χ2n) is 5.99. The van der Waals surface area contributed by atoms with Crippen molar-refractivity contribution in [3.8, 4) is 0 Å². The number of nitrogens with two attached hydrogens (primary N) is 1. The highest BCUT2D eigenvalue weighted by Crippen LogP contribution is 2.16. The first-order chi connectivity index (χ1) is 14.3. The third-order valence-corrected chi connectivity index (χ3v) is 3.98. The van der Waals surface area contributed by atoms with E-state index in [1.807, 2.05) is 0 Å². The molecule has 0 aliphatic carbocycles. The number of nitrogens with zero attached hydrogens (tertiary/aromatic N) is 1. The monoisotopic (exact) mass is 438 g/mol. The maximum absolute atomic E-state index is 12.4. The molecule has 0 aliphatic heterocycles. The van der Waals surface area contributed by atoms with Crippen LogP contribution in [0.1, 0.15) is 12.8 Å². The van der Waals surface area contributed by atoms with Crippen LogP contribution in [0.15, 0.2) is 29.4 Å². The molecular weight excluding hydrogens is 416 g/mol. The number of thiol groups is 1. The molecule has 0 saturated heterocycles. The molecule has 0 fully saturated rings. The number of carbonyl (C=O) groups is 5. The van der Waals surface area contributed by atoms with Gasteiger partial charge < -0.3 is 27.0 Å². The van der Waals surface area contributed by atoms with Crippen molar-refractivity contribution in [3.63, 3.8) is 0 Å². The van der Waals surface area contributed by atoms with Crippen molar-refractivity contribution in [2.45, 2.75) is 24.9 Å². The van der Waals surface area contributed by atoms with Crippen LogP contribution in [0.2, 0.25) is 0 Å². The van der Waals surface area contributed by atoms with Crippen molar-refractivity contribution >= 4 is 54.0 Å². The second kappa shape index (κ2) is 12.9. The molecule has 0 aromatic heterocycles. The van der Waals surface area contributed by atoms with Gasteiger partial charge in [-0.3, -0.25) is 24.0 Å². The first-order valence-electron chi connectivity index (χ1n) is 8.69. The van der Waals surface area contributed by atoms with Gasteiger partial charge in [0.2, 0.25) is 30.0 Å². The highest BCUT2D eigenvalue weighted by Gasteiger charge is 2.23. The summed E-state index contributed by atoms with van der Waals surface area (Å²) in [6, 6.07) is 3.86. The number of nitroso groups, excluding NO2 is 1. The topological polar surface area (TPSA) is 189 Å². The molecule has 12 nitrogen and oxygen atoms in total. The zero-order chi connectivity index (χ0) is 22.5. The third kappa shape index (κ3) is 8.68. The molecule has 6 N–H and O–H groups in total. The van der Waals surface area contributed by atoms with Gasteiger partial charge in [-0.1, -0.05) is 11.2 Å². The Hall–Kier alpha value is -3.48. The van der Waals surface area contributed by atoms with Gasteiger partial charge in [-0.05, 0) is 24.6 Å². The van der Waals surface area contributed by atoms with Crippen molar-refractivity contribution in [2.75, 3.05) is 22.9 Å². The molecule has 1 aromatic rings. The summed E-state index contributed by atoms with van der Waals surface area (Å²) in [7, 11) is 0. The van der Waals surface area contributed by atoms with Crippen molar-refractivity contribution in [1.82, 2.24) is 10.6 Å². The molecular formula is C17H22N6O6S. The Morgan fingerprint density at radius 1 is 1.10 bits per heavy atom. The van der Waals surface area contributed by atoms with Gasteiger partial charge in [0.05, 0.1) is 18.7 Å². The number of hydrogen-bond donors (Lipinski definition) is 6. The highest BCUT2D eigenvalue weighted by molar-refractivity contribution is 7.81. The zero-order valence-corrected chi connectivity index (χ0v) is 16.7. The van der Waals surface area contributed by atoms with Crippen LogP contribution >= 0.6 is 12.6 Å². The van der Waals surface area contributed by atoms with Crippen LogP contribution < -0.4 is 27.0 Å². The van der Waals surface area contributed by atoms with Crippen molar-refractivity contribution in [3.05, 3.63) is 29.2 Å². The predicted molar refractivity (Wildman–Crippen MR) is 112 cm³/mol. The van der Waals surface area contributed by atoms with Crippen LogP contribution in [-0.2, 0) is 24.0 Å². The molecule has 0 saturated carbocycles. The number of benzene rings is 1. The van der Waals surface area contributed by atoms with Crippen LogP contribution in [-0.4, -0.2) is 54.4 Å². The lowest BCUT2D eigenvalue weighted by Gasteiger charge is -2.18. The number of carbonyl (C=O) groups excluding carboxylic acids is 5. The number of nitrogens with one attached hydrogen (secondary N) is 4. The van der Waals surface area contributed by atoms with E-state index in [1.54, 1.807) is 0 Å². The summed E-state index contributed by atoms with van der Waals surface area (Å²) >= 11 is 3.80. The van der Waals surface area contributed by atoms with E-state index in [0.29, 0.717) is 12.1 Å². The minimum absolute atomic E-state index is 0.0180. The molecule has 13 heteroatoms. The summed E-state index contributed by atoms with van der Waals surface area (Å²) in [4.78, 5) is 68.2. The number of anilines is 2. The van der Waals surface area contributed by atoms with Gasteiger partial charge in [-0.25, -0.2) is 0 Å². The van der Waals surface area contributed by atoms with Crippen molar-refractivity contribution < 1.29 is 24.0 Å². The Balaban J connectivity index is 2.86. The molecule has 0 spiro atoms. The minimum Gasteiger partial charge on any atom is -0.370 e. The minimum atomic E-state index is -1.20. The molecule has 5 amide bonds. The third-order valence-electron chi connectivity index (χ3n) is 3.69. The average molecular weight is 438 g/mol. The van der Waals surface area contributed by atoms with E-state index in [2.05, 4.69) is 39.1 Å². The van der Waals surface area contributed by atoms with Crippen LogP contribution in [0.4, 0.5) is 11.4 Å². The van der Waals surface area contributed by atoms with Gasteiger partial charge in [0.1, 0.15) is 12.1 Å². The zero-order valence-electron chi connectivity index (χ0n) is 15.8. The molecule has 0 radical (unpaired) electrons. The van der Waals surface area contributed by atoms with Gasteiger partial charge in [0.25, 0.3) is 0 Å². The smallest absolute Gasteiger partial charge is 0.247 e. The lowest BCUT2D eigenvalue weighted by Crippen LogP contribution is -2.46. The molecule has 1 rings (SSSR count). The van der Waals surface area contributed by atoms with Gasteiger partial charge in [-0.2, -0.15) is 17.5 Å². The Bertz CT molecular complexity index is 805. The van der Waals surface area contributed by atoms with Gasteiger partial charge in [0.15, 0.2) is 0 Å². The quantitative estimate of drug-likeness (QED) is 0.132. The first kappa shape index (κ1) is 24.6. The van der Waals surface area contributed by atoms with E-state index in [1.165, 1.54) is 24.3 Å². The molecule has 0 bridgehead atoms. The van der Waals surface area contributed by atoms with Crippen LogP contribution in [0.3, 0.4) is 0 Å². The van der Waals surface area contributed by atoms with Gasteiger partial charge >= 0.3 is 0 Å². The fraction of sp³-hybridized carbons (Fsp3) is 0.353. The fourth-order valence-corrected chi connectivity index (χ4v) is 2.43. The Labute approximate surface area is 177 Å². The average Bonchev–Trinajstić information content (AvgIpc) is 2.70. The lowest BCUT2D eigenvalue weighted by molar-refractivity contribution is -0.127. The lowest BCUT2D eigenvalue weighted by atomic mass is 10.1. The summed E-state index contributed by atoms with van der Waals surface area (Å²) in [5.41, 5.74) is 5.67. The first-order valence-corrected chi connectivity index (χ1v) is 9.33. The van der Waals surface area contributed by atoms with E-state index in [0.717, 1.165) is 0 Å². The standard InChI is InChI=1S/C17H22N6O6S/c18-14(25)7-13(23-15(26)8-30)17(28)22-11-3-1-2-10(6-11)21-16(27)12(19-9-24)4-5-20-29/h1-3,6,9,12-13,30H,4-5,7-8H2,(H2,18,25)(H,19,24)(H,21,27)(H,22,28)(H,23,26)/t12-,13?/m0/s1. The predicted octanol–water partition coefficient (Wildman–Crippen LogP) is -0.875. The molecule has 2 atom stereocenters. The van der Waals surface area contributed by atoms with Gasteiger partial charge in [0, 0.05) is 11.4 Å². The van der Waals surface area contributed by atoms with Crippen molar-refractivity contribution in [1.29, 1.82) is 0 Å². The van der Waals surface area contributed by atoms with E-state index in [9.17, 15) is 28.9 Å². The molecule has 1 aromatic carbocycles. The molecule has 1 unspecified atom stereocenters. The normalized spacial score (nSPS) is 12.0. The SMILES string of the molecule is NC(=O)CC(NC(=O)CS)C(=O)Nc1cccc(NC(=O)[C@H](CCN=O)NC=O)c1. The highest BCUT2D eigenvalue weighted by atomic mass is 32.1. The Morgan fingerprint density at radius 3 is 2.20 bits per heavy atom. The number of rotatable bonds is 13. The Kier molecular flexibility index (Phi) is 10.5. The molecule has 0 aliphatic rings. The summed E-state index contributed by atoms with van der Waals surface area (Å²) in [6.45, 7) is -0.158. The van der Waals surface area contributed by atoms with Crippen LogP contribution in [0.25, 0.3) is 0 Å². The van der Waals surface area contributed by atoms with Crippen molar-refractivity contribution in [2.24, 2.45) is 10.9 Å². The molecule has 162 valence electrons. The number of primary amides is 1. The van der Waals surface area contributed by atoms with E-state index < -0.39 is 42.1 Å². The van der Waals surface area contributed by atoms with Gasteiger partial charge in [-0.15, -0.1) is 0 Å². The van der Waals surface area contributed by atoms with Crippen LogP contribution in [0, 0.1) is 4.91 Å². The molecule has 30 heavy (non-hydrogen) atoms. The number of hydrogen-bond acceptors (Lipinski definition) is 8. The largest absolute Gasteiger partial charge is 0.370 e. The maximum atomic E-state index is 12.4. The van der Waals surface area contributed by atoms with E-state index >= 15 is 0 Å². The summed E-state index contributed by atoms with van der Waals surface area (Å²) in [5, 5.41) is 12.3. The second-order valence-corrected chi connectivity index (χ2v) is 6.30. The van der Waals surface area contributed by atoms with Crippen LogP contribution in [0.5, 0.6) is 0 Å². The Morgan fingerprint density at radius 2 is 1.70 bits per heavy atom. The number of amides is 5. The summed E-state index contributed by atoms with van der Waals surface area (Å²) < 4.78 is 0.